The normalized spacial score (nSPS) is 17.7. The van der Waals surface area contributed by atoms with Crippen molar-refractivity contribution in [1.29, 1.82) is 0 Å². The Balaban J connectivity index is 1.78. The SMILES string of the molecule is CCOC(=O)C1=C([C@@H]2Cc3ccccc3N2S(C)(=O)=O)C(=Nc2ccc(OC)cc2)C(=O)N1c1ccc(OC)cc1. The number of amides is 1. The van der Waals surface area contributed by atoms with Crippen LogP contribution in [-0.2, 0) is 30.8 Å². The molecule has 3 aromatic rings. The highest BCUT2D eigenvalue weighted by molar-refractivity contribution is 7.92. The highest BCUT2D eigenvalue weighted by Gasteiger charge is 2.49. The Labute approximate surface area is 238 Å². The smallest absolute Gasteiger partial charge is 0.355 e. The number of fused-ring (bicyclic) bond motifs is 1. The molecule has 1 atom stereocenters. The highest BCUT2D eigenvalue weighted by Crippen LogP contribution is 2.42. The minimum atomic E-state index is -3.85. The van der Waals surface area contributed by atoms with Crippen molar-refractivity contribution in [2.45, 2.75) is 19.4 Å². The van der Waals surface area contributed by atoms with Gasteiger partial charge in [-0.25, -0.2) is 18.2 Å². The number of esters is 1. The van der Waals surface area contributed by atoms with Gasteiger partial charge in [0.15, 0.2) is 0 Å². The lowest BCUT2D eigenvalue weighted by Crippen LogP contribution is -2.40. The minimum absolute atomic E-state index is 0.0475. The second kappa shape index (κ2) is 11.1. The van der Waals surface area contributed by atoms with Gasteiger partial charge < -0.3 is 14.2 Å². The van der Waals surface area contributed by atoms with Crippen molar-refractivity contribution in [2.24, 2.45) is 4.99 Å². The van der Waals surface area contributed by atoms with Crippen molar-refractivity contribution in [3.8, 4) is 11.5 Å². The Morgan fingerprint density at radius 2 is 1.56 bits per heavy atom. The van der Waals surface area contributed by atoms with Crippen LogP contribution in [0.1, 0.15) is 12.5 Å². The van der Waals surface area contributed by atoms with Crippen LogP contribution in [0.4, 0.5) is 17.1 Å². The molecule has 0 bridgehead atoms. The summed E-state index contributed by atoms with van der Waals surface area (Å²) < 4.78 is 43.6. The zero-order valence-corrected chi connectivity index (χ0v) is 23.8. The van der Waals surface area contributed by atoms with Gasteiger partial charge in [-0.15, -0.1) is 0 Å². The number of carbonyl (C=O) groups is 2. The lowest BCUT2D eigenvalue weighted by Gasteiger charge is -2.27. The number of benzene rings is 3. The van der Waals surface area contributed by atoms with E-state index in [9.17, 15) is 18.0 Å². The molecule has 41 heavy (non-hydrogen) atoms. The summed E-state index contributed by atoms with van der Waals surface area (Å²) in [5, 5.41) is 0. The molecule has 5 rings (SSSR count). The standard InChI is InChI=1S/C30H29N3O7S/c1-5-40-30(35)28-26(25-18-19-8-6-7-9-24(19)33(25)41(4,36)37)27(31-20-10-14-22(38-2)15-11-20)29(34)32(28)21-12-16-23(39-3)17-13-21/h6-17,25H,5,18H2,1-4H3/t25-/m0/s1. The van der Waals surface area contributed by atoms with Gasteiger partial charge in [-0.1, -0.05) is 18.2 Å². The molecule has 0 saturated carbocycles. The summed E-state index contributed by atoms with van der Waals surface area (Å²) in [5.41, 5.74) is 2.07. The number of rotatable bonds is 8. The molecule has 0 fully saturated rings. The van der Waals surface area contributed by atoms with Gasteiger partial charge in [-0.05, 0) is 67.1 Å². The maximum atomic E-state index is 14.2. The van der Waals surface area contributed by atoms with Crippen molar-refractivity contribution in [3.05, 3.63) is 89.6 Å². The zero-order valence-electron chi connectivity index (χ0n) is 23.0. The average Bonchev–Trinajstić information content (AvgIpc) is 3.49. The number of para-hydroxylation sites is 1. The van der Waals surface area contributed by atoms with E-state index in [1.807, 2.05) is 12.1 Å². The van der Waals surface area contributed by atoms with Crippen LogP contribution in [0.2, 0.25) is 0 Å². The van der Waals surface area contributed by atoms with E-state index in [-0.39, 0.29) is 30.0 Å². The maximum Gasteiger partial charge on any atom is 0.355 e. The van der Waals surface area contributed by atoms with Crippen molar-refractivity contribution in [3.63, 3.8) is 0 Å². The summed E-state index contributed by atoms with van der Waals surface area (Å²) in [5.74, 6) is -0.197. The monoisotopic (exact) mass is 575 g/mol. The summed E-state index contributed by atoms with van der Waals surface area (Å²) in [6, 6.07) is 19.5. The number of aliphatic imine (C=N–C) groups is 1. The van der Waals surface area contributed by atoms with Gasteiger partial charge in [0.1, 0.15) is 22.9 Å². The van der Waals surface area contributed by atoms with Gasteiger partial charge in [-0.2, -0.15) is 0 Å². The predicted molar refractivity (Wildman–Crippen MR) is 155 cm³/mol. The number of hydrogen-bond acceptors (Lipinski definition) is 8. The molecular formula is C30H29N3O7S. The van der Waals surface area contributed by atoms with E-state index in [1.165, 1.54) is 23.4 Å². The molecule has 0 spiro atoms. The first-order valence-corrected chi connectivity index (χ1v) is 14.7. The molecule has 2 aliphatic rings. The summed E-state index contributed by atoms with van der Waals surface area (Å²) in [4.78, 5) is 33.8. The largest absolute Gasteiger partial charge is 0.497 e. The Kier molecular flexibility index (Phi) is 7.55. The number of methoxy groups -OCH3 is 2. The lowest BCUT2D eigenvalue weighted by atomic mass is 9.98. The van der Waals surface area contributed by atoms with E-state index in [4.69, 9.17) is 14.2 Å². The highest BCUT2D eigenvalue weighted by atomic mass is 32.2. The summed E-state index contributed by atoms with van der Waals surface area (Å²) in [6.45, 7) is 1.71. The number of hydrogen-bond donors (Lipinski definition) is 0. The van der Waals surface area contributed by atoms with Crippen LogP contribution in [0.25, 0.3) is 0 Å². The molecule has 3 aromatic carbocycles. The first kappa shape index (κ1) is 27.9. The van der Waals surface area contributed by atoms with Crippen LogP contribution in [0.15, 0.2) is 89.1 Å². The van der Waals surface area contributed by atoms with Crippen molar-refractivity contribution < 1.29 is 32.2 Å². The van der Waals surface area contributed by atoms with Crippen molar-refractivity contribution in [2.75, 3.05) is 36.3 Å². The molecule has 0 unspecified atom stereocenters. The third-order valence-electron chi connectivity index (χ3n) is 6.87. The number of anilines is 2. The first-order chi connectivity index (χ1) is 19.7. The van der Waals surface area contributed by atoms with E-state index < -0.39 is 27.9 Å². The first-order valence-electron chi connectivity index (χ1n) is 12.9. The van der Waals surface area contributed by atoms with E-state index in [0.717, 1.165) is 11.8 Å². The average molecular weight is 576 g/mol. The fraction of sp³-hybridized carbons (Fsp3) is 0.233. The van der Waals surface area contributed by atoms with E-state index in [2.05, 4.69) is 4.99 Å². The fourth-order valence-electron chi connectivity index (χ4n) is 5.13. The van der Waals surface area contributed by atoms with Gasteiger partial charge in [0.25, 0.3) is 5.91 Å². The van der Waals surface area contributed by atoms with Crippen LogP contribution in [0, 0.1) is 0 Å². The molecular weight excluding hydrogens is 546 g/mol. The number of carbonyl (C=O) groups excluding carboxylic acids is 2. The van der Waals surface area contributed by atoms with E-state index in [0.29, 0.717) is 28.6 Å². The Morgan fingerprint density at radius 1 is 0.951 bits per heavy atom. The van der Waals surface area contributed by atoms with Crippen LogP contribution >= 0.6 is 0 Å². The second-order valence-electron chi connectivity index (χ2n) is 9.39. The molecule has 0 radical (unpaired) electrons. The third-order valence-corrected chi connectivity index (χ3v) is 8.03. The topological polar surface area (TPSA) is 115 Å². The molecule has 0 aliphatic carbocycles. The molecule has 0 N–H and O–H groups in total. The molecule has 2 heterocycles. The summed E-state index contributed by atoms with van der Waals surface area (Å²) >= 11 is 0. The lowest BCUT2D eigenvalue weighted by molar-refractivity contribution is -0.139. The van der Waals surface area contributed by atoms with Crippen LogP contribution in [-0.4, -0.2) is 59.1 Å². The summed E-state index contributed by atoms with van der Waals surface area (Å²) in [7, 11) is -0.786. The van der Waals surface area contributed by atoms with Gasteiger partial charge >= 0.3 is 5.97 Å². The van der Waals surface area contributed by atoms with Crippen molar-refractivity contribution in [1.82, 2.24) is 0 Å². The molecule has 212 valence electrons. The molecule has 2 aliphatic heterocycles. The Morgan fingerprint density at radius 3 is 2.15 bits per heavy atom. The molecule has 0 saturated heterocycles. The van der Waals surface area contributed by atoms with Gasteiger partial charge in [0, 0.05) is 17.7 Å². The van der Waals surface area contributed by atoms with E-state index in [1.54, 1.807) is 67.6 Å². The predicted octanol–water partition coefficient (Wildman–Crippen LogP) is 4.03. The fourth-order valence-corrected chi connectivity index (χ4v) is 6.31. The van der Waals surface area contributed by atoms with Gasteiger partial charge in [0.2, 0.25) is 10.0 Å². The maximum absolute atomic E-state index is 14.2. The second-order valence-corrected chi connectivity index (χ2v) is 11.2. The zero-order chi connectivity index (χ0) is 29.3. The molecule has 0 aromatic heterocycles. The Hall–Kier alpha value is -4.64. The number of sulfonamides is 1. The van der Waals surface area contributed by atoms with Gasteiger partial charge in [-0.3, -0.25) is 14.0 Å². The molecule has 1 amide bonds. The quantitative estimate of drug-likeness (QED) is 0.373. The van der Waals surface area contributed by atoms with Crippen LogP contribution in [0.5, 0.6) is 11.5 Å². The number of ether oxygens (including phenoxy) is 3. The number of nitrogens with zero attached hydrogens (tertiary/aromatic N) is 3. The molecule has 11 heteroatoms. The van der Waals surface area contributed by atoms with Crippen LogP contribution < -0.4 is 18.7 Å². The van der Waals surface area contributed by atoms with Gasteiger partial charge in [0.05, 0.1) is 44.5 Å². The molecule has 10 nitrogen and oxygen atoms in total. The minimum Gasteiger partial charge on any atom is -0.497 e. The van der Waals surface area contributed by atoms with E-state index >= 15 is 0 Å². The van der Waals surface area contributed by atoms with Crippen LogP contribution in [0.3, 0.4) is 0 Å². The summed E-state index contributed by atoms with van der Waals surface area (Å²) in [6.07, 6.45) is 1.33. The third kappa shape index (κ3) is 5.16. The Bertz CT molecular complexity index is 1660. The van der Waals surface area contributed by atoms with Crippen molar-refractivity contribution >= 4 is 44.7 Å².